The van der Waals surface area contributed by atoms with Gasteiger partial charge in [-0.15, -0.1) is 0 Å². The number of H-pyrrole nitrogens is 1. The van der Waals surface area contributed by atoms with Gasteiger partial charge in [-0.1, -0.05) is 48.2 Å². The van der Waals surface area contributed by atoms with Crippen molar-refractivity contribution in [2.75, 3.05) is 0 Å². The van der Waals surface area contributed by atoms with Crippen LogP contribution in [0.5, 0.6) is 0 Å². The van der Waals surface area contributed by atoms with E-state index in [9.17, 15) is 0 Å². The molecule has 0 aliphatic carbocycles. The lowest BCUT2D eigenvalue weighted by Gasteiger charge is -2.01. The Labute approximate surface area is 116 Å². The average Bonchev–Trinajstić information content (AvgIpc) is 2.79. The van der Waals surface area contributed by atoms with Crippen LogP contribution in [0.2, 0.25) is 0 Å². The van der Waals surface area contributed by atoms with E-state index in [2.05, 4.69) is 29.3 Å². The van der Waals surface area contributed by atoms with Crippen molar-refractivity contribution in [2.45, 2.75) is 16.3 Å². The van der Waals surface area contributed by atoms with E-state index in [1.165, 1.54) is 4.90 Å². The number of aromatic nitrogens is 1. The first-order valence-corrected chi connectivity index (χ1v) is 6.89. The maximum absolute atomic E-state index is 9.01. The molecule has 0 unspecified atom stereocenters. The van der Waals surface area contributed by atoms with Crippen LogP contribution in [0.1, 0.15) is 5.56 Å². The summed E-state index contributed by atoms with van der Waals surface area (Å²) in [6.45, 7) is 0. The van der Waals surface area contributed by atoms with Crippen LogP contribution in [0.4, 0.5) is 0 Å². The SMILES string of the molecule is N#CCc1c(Sc2ccccc2)[nH]c2ccccc12. The zero-order valence-corrected chi connectivity index (χ0v) is 11.1. The summed E-state index contributed by atoms with van der Waals surface area (Å²) in [7, 11) is 0. The Kier molecular flexibility index (Phi) is 3.26. The van der Waals surface area contributed by atoms with Crippen LogP contribution in [-0.2, 0) is 6.42 Å². The van der Waals surface area contributed by atoms with Gasteiger partial charge in [-0.25, -0.2) is 0 Å². The molecule has 0 atom stereocenters. The predicted octanol–water partition coefficient (Wildman–Crippen LogP) is 4.39. The normalized spacial score (nSPS) is 10.5. The molecule has 3 heteroatoms. The lowest BCUT2D eigenvalue weighted by atomic mass is 10.1. The molecule has 1 N–H and O–H groups in total. The van der Waals surface area contributed by atoms with Crippen molar-refractivity contribution in [3.63, 3.8) is 0 Å². The van der Waals surface area contributed by atoms with Crippen molar-refractivity contribution in [3.8, 4) is 6.07 Å². The van der Waals surface area contributed by atoms with Crippen LogP contribution in [-0.4, -0.2) is 4.98 Å². The molecule has 0 saturated carbocycles. The molecule has 0 aliphatic rings. The molecular formula is C16H12N2S. The van der Waals surface area contributed by atoms with E-state index in [1.54, 1.807) is 11.8 Å². The summed E-state index contributed by atoms with van der Waals surface area (Å²) in [5.74, 6) is 0. The summed E-state index contributed by atoms with van der Waals surface area (Å²) >= 11 is 1.67. The largest absolute Gasteiger partial charge is 0.349 e. The zero-order valence-electron chi connectivity index (χ0n) is 10.3. The fourth-order valence-electron chi connectivity index (χ4n) is 2.12. The molecule has 3 aromatic rings. The standard InChI is InChI=1S/C16H12N2S/c17-11-10-14-13-8-4-5-9-15(13)18-16(14)19-12-6-2-1-3-7-12/h1-9,18H,10H2. The molecule has 1 heterocycles. The number of hydrogen-bond acceptors (Lipinski definition) is 2. The van der Waals surface area contributed by atoms with E-state index < -0.39 is 0 Å². The molecule has 0 radical (unpaired) electrons. The summed E-state index contributed by atoms with van der Waals surface area (Å²) in [6, 6.07) is 20.6. The molecule has 0 spiro atoms. The van der Waals surface area contributed by atoms with Gasteiger partial charge in [-0.2, -0.15) is 5.26 Å². The third-order valence-corrected chi connectivity index (χ3v) is 4.05. The molecule has 2 aromatic carbocycles. The number of nitrogens with zero attached hydrogens (tertiary/aromatic N) is 1. The van der Waals surface area contributed by atoms with Gasteiger partial charge in [-0.05, 0) is 18.2 Å². The number of rotatable bonds is 3. The van der Waals surface area contributed by atoms with E-state index in [0.717, 1.165) is 21.5 Å². The van der Waals surface area contributed by atoms with Crippen LogP contribution in [0.3, 0.4) is 0 Å². The Morgan fingerprint density at radius 1 is 1.00 bits per heavy atom. The van der Waals surface area contributed by atoms with Crippen molar-refractivity contribution in [1.82, 2.24) is 4.98 Å². The van der Waals surface area contributed by atoms with Gasteiger partial charge in [0.2, 0.25) is 0 Å². The Morgan fingerprint density at radius 3 is 2.53 bits per heavy atom. The molecular weight excluding hydrogens is 252 g/mol. The van der Waals surface area contributed by atoms with Gasteiger partial charge in [0.05, 0.1) is 17.5 Å². The number of nitriles is 1. The Morgan fingerprint density at radius 2 is 1.74 bits per heavy atom. The third-order valence-electron chi connectivity index (χ3n) is 2.99. The van der Waals surface area contributed by atoms with Gasteiger partial charge >= 0.3 is 0 Å². The van der Waals surface area contributed by atoms with Crippen molar-refractivity contribution < 1.29 is 0 Å². The number of hydrogen-bond donors (Lipinski definition) is 1. The summed E-state index contributed by atoms with van der Waals surface area (Å²) in [5.41, 5.74) is 2.18. The first kappa shape index (κ1) is 11.9. The highest BCUT2D eigenvalue weighted by molar-refractivity contribution is 7.99. The van der Waals surface area contributed by atoms with E-state index >= 15 is 0 Å². The highest BCUT2D eigenvalue weighted by Crippen LogP contribution is 2.34. The van der Waals surface area contributed by atoms with E-state index in [0.29, 0.717) is 6.42 Å². The number of aromatic amines is 1. The fourth-order valence-corrected chi connectivity index (χ4v) is 3.12. The number of nitrogens with one attached hydrogen (secondary N) is 1. The third kappa shape index (κ3) is 2.35. The monoisotopic (exact) mass is 264 g/mol. The predicted molar refractivity (Wildman–Crippen MR) is 78.2 cm³/mol. The molecule has 0 fully saturated rings. The second-order valence-corrected chi connectivity index (χ2v) is 5.31. The van der Waals surface area contributed by atoms with Crippen molar-refractivity contribution >= 4 is 22.7 Å². The number of benzene rings is 2. The quantitative estimate of drug-likeness (QED) is 0.762. The minimum absolute atomic E-state index is 0.430. The average molecular weight is 264 g/mol. The molecule has 2 nitrogen and oxygen atoms in total. The number of fused-ring (bicyclic) bond motifs is 1. The van der Waals surface area contributed by atoms with Crippen molar-refractivity contribution in [2.24, 2.45) is 0 Å². The molecule has 0 aliphatic heterocycles. The lowest BCUT2D eigenvalue weighted by molar-refractivity contribution is 1.13. The van der Waals surface area contributed by atoms with Crippen molar-refractivity contribution in [1.29, 1.82) is 5.26 Å². The summed E-state index contributed by atoms with van der Waals surface area (Å²) < 4.78 is 0. The Bertz CT molecular complexity index is 738. The maximum atomic E-state index is 9.01. The van der Waals surface area contributed by atoms with Crippen molar-refractivity contribution in [3.05, 3.63) is 60.2 Å². The highest BCUT2D eigenvalue weighted by Gasteiger charge is 2.11. The van der Waals surface area contributed by atoms with E-state index in [1.807, 2.05) is 36.4 Å². The smallest absolute Gasteiger partial charge is 0.0824 e. The van der Waals surface area contributed by atoms with E-state index in [-0.39, 0.29) is 0 Å². The summed E-state index contributed by atoms with van der Waals surface area (Å²) in [6.07, 6.45) is 0.430. The van der Waals surface area contributed by atoms with Gasteiger partial charge in [0, 0.05) is 21.4 Å². The van der Waals surface area contributed by atoms with Crippen LogP contribution in [0.15, 0.2) is 64.5 Å². The first-order valence-electron chi connectivity index (χ1n) is 6.08. The summed E-state index contributed by atoms with van der Waals surface area (Å²) in [5, 5.41) is 11.2. The fraction of sp³-hybridized carbons (Fsp3) is 0.0625. The molecule has 3 rings (SSSR count). The van der Waals surface area contributed by atoms with Crippen LogP contribution in [0, 0.1) is 11.3 Å². The minimum Gasteiger partial charge on any atom is -0.349 e. The van der Waals surface area contributed by atoms with Crippen LogP contribution in [0.25, 0.3) is 10.9 Å². The molecule has 92 valence electrons. The second kappa shape index (κ2) is 5.21. The minimum atomic E-state index is 0.430. The summed E-state index contributed by atoms with van der Waals surface area (Å²) in [4.78, 5) is 4.58. The maximum Gasteiger partial charge on any atom is 0.0824 e. The number of para-hydroxylation sites is 1. The lowest BCUT2D eigenvalue weighted by Crippen LogP contribution is -1.83. The zero-order chi connectivity index (χ0) is 13.1. The van der Waals surface area contributed by atoms with Gasteiger partial charge in [0.15, 0.2) is 0 Å². The van der Waals surface area contributed by atoms with Crippen LogP contribution < -0.4 is 0 Å². The van der Waals surface area contributed by atoms with Crippen LogP contribution >= 0.6 is 11.8 Å². The molecule has 1 aromatic heterocycles. The van der Waals surface area contributed by atoms with E-state index in [4.69, 9.17) is 5.26 Å². The van der Waals surface area contributed by atoms with Gasteiger partial charge in [0.25, 0.3) is 0 Å². The van der Waals surface area contributed by atoms with Gasteiger partial charge in [-0.3, -0.25) is 0 Å². The Balaban J connectivity index is 2.07. The topological polar surface area (TPSA) is 39.6 Å². The first-order chi connectivity index (χ1) is 9.38. The molecule has 0 bridgehead atoms. The van der Waals surface area contributed by atoms with Gasteiger partial charge in [0.1, 0.15) is 0 Å². The Hall–Kier alpha value is -2.18. The molecule has 19 heavy (non-hydrogen) atoms. The molecule has 0 saturated heterocycles. The molecule has 0 amide bonds. The highest BCUT2D eigenvalue weighted by atomic mass is 32.2. The second-order valence-electron chi connectivity index (χ2n) is 4.23. The van der Waals surface area contributed by atoms with Gasteiger partial charge < -0.3 is 4.98 Å².